The molecular weight excluding hydrogens is 278 g/mol. The molecule has 0 unspecified atom stereocenters. The second-order valence-corrected chi connectivity index (χ2v) is 6.30. The van der Waals surface area contributed by atoms with Gasteiger partial charge >= 0.3 is 0 Å². The van der Waals surface area contributed by atoms with E-state index in [0.29, 0.717) is 17.0 Å². The zero-order chi connectivity index (χ0) is 14.8. The van der Waals surface area contributed by atoms with Crippen LogP contribution in [0.4, 0.5) is 0 Å². The zero-order valence-corrected chi connectivity index (χ0v) is 12.2. The quantitative estimate of drug-likeness (QED) is 0.767. The molecule has 2 rings (SSSR count). The highest BCUT2D eigenvalue weighted by molar-refractivity contribution is 7.89. The number of nitrogens with zero attached hydrogens (tertiary/aromatic N) is 1. The Morgan fingerprint density at radius 3 is 2.65 bits per heavy atom. The number of nitrogens with one attached hydrogen (secondary N) is 2. The van der Waals surface area contributed by atoms with Crippen LogP contribution in [0.1, 0.15) is 22.5 Å². The van der Waals surface area contributed by atoms with Gasteiger partial charge in [0.15, 0.2) is 0 Å². The van der Waals surface area contributed by atoms with Gasteiger partial charge in [-0.15, -0.1) is 0 Å². The summed E-state index contributed by atoms with van der Waals surface area (Å²) in [4.78, 5) is 6.97. The van der Waals surface area contributed by atoms with Crippen molar-refractivity contribution in [1.82, 2.24) is 14.7 Å². The predicted molar refractivity (Wildman–Crippen MR) is 74.5 cm³/mol. The summed E-state index contributed by atoms with van der Waals surface area (Å²) in [5.41, 5.74) is 2.12. The summed E-state index contributed by atoms with van der Waals surface area (Å²) in [6.07, 6.45) is 3.19. The molecule has 2 aromatic rings. The molecule has 0 aliphatic rings. The van der Waals surface area contributed by atoms with E-state index in [1.165, 1.54) is 6.07 Å². The van der Waals surface area contributed by atoms with Crippen molar-refractivity contribution in [3.63, 3.8) is 0 Å². The molecule has 108 valence electrons. The van der Waals surface area contributed by atoms with E-state index in [4.69, 9.17) is 0 Å². The molecular formula is C13H17N3O3S. The smallest absolute Gasteiger partial charge is 0.241 e. The normalized spacial score (nSPS) is 11.8. The van der Waals surface area contributed by atoms with Crippen LogP contribution < -0.4 is 4.72 Å². The molecule has 0 aliphatic heterocycles. The Hall–Kier alpha value is -1.70. The summed E-state index contributed by atoms with van der Waals surface area (Å²) in [6, 6.07) is 3.27. The van der Waals surface area contributed by atoms with E-state index in [1.807, 2.05) is 6.92 Å². The molecule has 0 radical (unpaired) electrons. The molecule has 0 atom stereocenters. The van der Waals surface area contributed by atoms with Gasteiger partial charge in [-0.3, -0.25) is 0 Å². The molecule has 0 bridgehead atoms. The minimum absolute atomic E-state index is 0.0944. The summed E-state index contributed by atoms with van der Waals surface area (Å²) in [7, 11) is -3.64. The minimum atomic E-state index is -3.64. The van der Waals surface area contributed by atoms with E-state index < -0.39 is 10.0 Å². The second-order valence-electron chi connectivity index (χ2n) is 4.56. The van der Waals surface area contributed by atoms with E-state index in [1.54, 1.807) is 25.4 Å². The molecule has 0 amide bonds. The van der Waals surface area contributed by atoms with Crippen molar-refractivity contribution in [3.05, 3.63) is 47.0 Å². The summed E-state index contributed by atoms with van der Waals surface area (Å²) in [6.45, 7) is 3.48. The largest absolute Gasteiger partial charge is 0.392 e. The molecule has 0 spiro atoms. The first-order chi connectivity index (χ1) is 9.44. The van der Waals surface area contributed by atoms with Gasteiger partial charge in [0, 0.05) is 12.4 Å². The zero-order valence-electron chi connectivity index (χ0n) is 11.3. The van der Waals surface area contributed by atoms with Crippen LogP contribution in [0.25, 0.3) is 0 Å². The first-order valence-electron chi connectivity index (χ1n) is 6.13. The summed E-state index contributed by atoms with van der Waals surface area (Å²) < 4.78 is 27.1. The van der Waals surface area contributed by atoms with E-state index in [0.717, 1.165) is 5.56 Å². The monoisotopic (exact) mass is 295 g/mol. The highest BCUT2D eigenvalue weighted by Gasteiger charge is 2.18. The molecule has 7 heteroatoms. The Balaban J connectivity index is 2.29. The van der Waals surface area contributed by atoms with Crippen molar-refractivity contribution in [2.24, 2.45) is 0 Å². The second kappa shape index (κ2) is 5.74. The fourth-order valence-electron chi connectivity index (χ4n) is 1.97. The Labute approximate surface area is 117 Å². The first-order valence-corrected chi connectivity index (χ1v) is 7.61. The van der Waals surface area contributed by atoms with Gasteiger partial charge in [0.2, 0.25) is 10.0 Å². The Morgan fingerprint density at radius 1 is 1.30 bits per heavy atom. The van der Waals surface area contributed by atoms with E-state index in [-0.39, 0.29) is 18.0 Å². The molecule has 3 N–H and O–H groups in total. The molecule has 0 fully saturated rings. The van der Waals surface area contributed by atoms with Crippen LogP contribution in [0, 0.1) is 13.8 Å². The molecule has 0 saturated carbocycles. The highest BCUT2D eigenvalue weighted by Crippen LogP contribution is 2.20. The predicted octanol–water partition coefficient (Wildman–Crippen LogP) is 0.997. The number of hydrogen-bond acceptors (Lipinski definition) is 4. The first kappa shape index (κ1) is 14.7. The molecule has 1 aromatic carbocycles. The van der Waals surface area contributed by atoms with Crippen molar-refractivity contribution in [1.29, 1.82) is 0 Å². The molecule has 0 aliphatic carbocycles. The molecule has 1 heterocycles. The van der Waals surface area contributed by atoms with Gasteiger partial charge in [-0.05, 0) is 36.6 Å². The molecule has 0 saturated heterocycles. The van der Waals surface area contributed by atoms with E-state index in [9.17, 15) is 13.5 Å². The number of sulfonamides is 1. The molecule has 1 aromatic heterocycles. The lowest BCUT2D eigenvalue weighted by Crippen LogP contribution is -2.24. The average molecular weight is 295 g/mol. The number of imidazole rings is 1. The lowest BCUT2D eigenvalue weighted by molar-refractivity contribution is 0.280. The van der Waals surface area contributed by atoms with Gasteiger partial charge < -0.3 is 10.1 Å². The number of hydrogen-bond donors (Lipinski definition) is 3. The van der Waals surface area contributed by atoms with E-state index in [2.05, 4.69) is 14.7 Å². The average Bonchev–Trinajstić information content (AvgIpc) is 2.89. The van der Waals surface area contributed by atoms with Crippen molar-refractivity contribution >= 4 is 10.0 Å². The highest BCUT2D eigenvalue weighted by atomic mass is 32.2. The third-order valence-corrected chi connectivity index (χ3v) is 4.62. The number of aromatic amines is 1. The van der Waals surface area contributed by atoms with Gasteiger partial charge in [0.25, 0.3) is 0 Å². The van der Waals surface area contributed by atoms with Crippen LogP contribution in [0.5, 0.6) is 0 Å². The van der Waals surface area contributed by atoms with Crippen LogP contribution in [-0.2, 0) is 23.2 Å². The van der Waals surface area contributed by atoms with Crippen molar-refractivity contribution in [2.75, 3.05) is 0 Å². The van der Waals surface area contributed by atoms with Crippen LogP contribution in [0.3, 0.4) is 0 Å². The summed E-state index contributed by atoms with van der Waals surface area (Å²) in [5.74, 6) is 0.542. The van der Waals surface area contributed by atoms with Crippen LogP contribution in [0.2, 0.25) is 0 Å². The third-order valence-electron chi connectivity index (χ3n) is 3.08. The maximum Gasteiger partial charge on any atom is 0.241 e. The number of aryl methyl sites for hydroxylation is 2. The summed E-state index contributed by atoms with van der Waals surface area (Å²) >= 11 is 0. The van der Waals surface area contributed by atoms with Gasteiger partial charge in [0.1, 0.15) is 5.82 Å². The van der Waals surface area contributed by atoms with Crippen LogP contribution >= 0.6 is 0 Å². The fraction of sp³-hybridized carbons (Fsp3) is 0.308. The lowest BCUT2D eigenvalue weighted by Gasteiger charge is -2.12. The Kier molecular flexibility index (Phi) is 4.22. The summed E-state index contributed by atoms with van der Waals surface area (Å²) in [5, 5.41) is 9.25. The van der Waals surface area contributed by atoms with Crippen molar-refractivity contribution < 1.29 is 13.5 Å². The number of rotatable bonds is 5. The third kappa shape index (κ3) is 3.06. The maximum absolute atomic E-state index is 12.3. The number of H-pyrrole nitrogens is 1. The molecule has 6 nitrogen and oxygen atoms in total. The number of aromatic nitrogens is 2. The van der Waals surface area contributed by atoms with Gasteiger partial charge in [0.05, 0.1) is 18.0 Å². The topological polar surface area (TPSA) is 95.1 Å². The number of aliphatic hydroxyl groups excluding tert-OH is 1. The maximum atomic E-state index is 12.3. The van der Waals surface area contributed by atoms with Gasteiger partial charge in [-0.2, -0.15) is 0 Å². The minimum Gasteiger partial charge on any atom is -0.392 e. The van der Waals surface area contributed by atoms with Gasteiger partial charge in [-0.1, -0.05) is 6.07 Å². The van der Waals surface area contributed by atoms with Crippen molar-refractivity contribution in [3.8, 4) is 0 Å². The Bertz CT molecular complexity index is 694. The number of benzene rings is 1. The Morgan fingerprint density at radius 2 is 2.05 bits per heavy atom. The SMILES string of the molecule is Cc1cc(C)c(S(=O)(=O)NCc2ncc[nH]2)cc1CO. The fourth-order valence-corrected chi connectivity index (χ4v) is 3.23. The standard InChI is InChI=1S/C13H17N3O3S/c1-9-5-10(2)12(6-11(9)8-17)20(18,19)16-7-13-14-3-4-15-13/h3-6,16-17H,7-8H2,1-2H3,(H,14,15). The molecule has 20 heavy (non-hydrogen) atoms. The van der Waals surface area contributed by atoms with Gasteiger partial charge in [-0.25, -0.2) is 18.1 Å². The lowest BCUT2D eigenvalue weighted by atomic mass is 10.1. The van der Waals surface area contributed by atoms with E-state index >= 15 is 0 Å². The van der Waals surface area contributed by atoms with Crippen molar-refractivity contribution in [2.45, 2.75) is 31.9 Å². The van der Waals surface area contributed by atoms with Crippen LogP contribution in [-0.4, -0.2) is 23.5 Å². The van der Waals surface area contributed by atoms with Crippen LogP contribution in [0.15, 0.2) is 29.4 Å². The number of aliphatic hydroxyl groups is 1.